The fourth-order valence-corrected chi connectivity index (χ4v) is 5.35. The monoisotopic (exact) mass is 482 g/mol. The lowest BCUT2D eigenvalue weighted by Crippen LogP contribution is -2.38. The Labute approximate surface area is 199 Å². The smallest absolute Gasteiger partial charge is 0.332 e. The van der Waals surface area contributed by atoms with Crippen LogP contribution in [0, 0.1) is 0 Å². The summed E-state index contributed by atoms with van der Waals surface area (Å²) in [6, 6.07) is 7.85. The lowest BCUT2D eigenvalue weighted by molar-refractivity contribution is -0.119. The summed E-state index contributed by atoms with van der Waals surface area (Å²) in [4.78, 5) is 48.8. The molecule has 3 aromatic heterocycles. The van der Waals surface area contributed by atoms with Crippen molar-refractivity contribution in [3.63, 3.8) is 0 Å². The summed E-state index contributed by atoms with van der Waals surface area (Å²) in [7, 11) is 3.04. The summed E-state index contributed by atoms with van der Waals surface area (Å²) in [6.45, 7) is 1.64. The first kappa shape index (κ1) is 22.5. The highest BCUT2D eigenvalue weighted by Gasteiger charge is 2.26. The van der Waals surface area contributed by atoms with Crippen molar-refractivity contribution >= 4 is 43.8 Å². The molecule has 0 unspecified atom stereocenters. The van der Waals surface area contributed by atoms with Crippen LogP contribution in [-0.4, -0.2) is 48.8 Å². The molecule has 5 rings (SSSR count). The van der Waals surface area contributed by atoms with Gasteiger partial charge in [0.25, 0.3) is 5.56 Å². The maximum absolute atomic E-state index is 13.3. The van der Waals surface area contributed by atoms with Gasteiger partial charge in [-0.1, -0.05) is 23.5 Å². The molecule has 1 fully saturated rings. The van der Waals surface area contributed by atoms with Crippen LogP contribution in [0.2, 0.25) is 0 Å². The van der Waals surface area contributed by atoms with Crippen LogP contribution in [0.4, 0.5) is 5.13 Å². The maximum Gasteiger partial charge on any atom is 0.332 e. The molecule has 0 radical (unpaired) electrons. The van der Waals surface area contributed by atoms with Gasteiger partial charge in [-0.05, 0) is 31.4 Å². The summed E-state index contributed by atoms with van der Waals surface area (Å²) in [6.07, 6.45) is 4.29. The van der Waals surface area contributed by atoms with Gasteiger partial charge in [-0.15, -0.1) is 0 Å². The van der Waals surface area contributed by atoms with E-state index in [1.165, 1.54) is 23.0 Å². The highest BCUT2D eigenvalue weighted by atomic mass is 32.1. The SMILES string of the molecule is Cn1c(=O)c2c(ncn2CCCC(=O)N(C[C@@H]2CCCO2)c2nc3ccccc3s2)n(C)c1=O. The number of para-hydroxylation sites is 1. The number of benzene rings is 1. The molecule has 0 spiro atoms. The number of carbonyl (C=O) groups excluding carboxylic acids is 1. The van der Waals surface area contributed by atoms with Crippen molar-refractivity contribution in [3.8, 4) is 0 Å². The van der Waals surface area contributed by atoms with Crippen LogP contribution in [0.1, 0.15) is 25.7 Å². The maximum atomic E-state index is 13.3. The third kappa shape index (κ3) is 4.05. The summed E-state index contributed by atoms with van der Waals surface area (Å²) in [5.41, 5.74) is 0.766. The molecule has 0 N–H and O–H groups in total. The van der Waals surface area contributed by atoms with Gasteiger partial charge in [-0.3, -0.25) is 23.6 Å². The van der Waals surface area contributed by atoms with Gasteiger partial charge in [0, 0.05) is 33.7 Å². The minimum Gasteiger partial charge on any atom is -0.376 e. The van der Waals surface area contributed by atoms with Crippen molar-refractivity contribution in [1.82, 2.24) is 23.7 Å². The van der Waals surface area contributed by atoms with Crippen molar-refractivity contribution < 1.29 is 9.53 Å². The summed E-state index contributed by atoms with van der Waals surface area (Å²) in [5.74, 6) is -0.0284. The molecular weight excluding hydrogens is 456 g/mol. The first-order chi connectivity index (χ1) is 16.4. The van der Waals surface area contributed by atoms with Crippen LogP contribution in [0.3, 0.4) is 0 Å². The lowest BCUT2D eigenvalue weighted by Gasteiger charge is -2.23. The zero-order valence-corrected chi connectivity index (χ0v) is 20.0. The van der Waals surface area contributed by atoms with E-state index in [2.05, 4.69) is 4.98 Å². The molecule has 1 aliphatic heterocycles. The van der Waals surface area contributed by atoms with Crippen molar-refractivity contribution in [2.45, 2.75) is 38.3 Å². The largest absolute Gasteiger partial charge is 0.376 e. The standard InChI is InChI=1S/C23H26N6O4S/c1-26-20-19(21(31)27(2)23(26)32)28(14-24-20)11-5-10-18(30)29(13-15-7-6-12-33-15)22-25-16-8-3-4-9-17(16)34-22/h3-4,8-9,14-15H,5-7,10-13H2,1-2H3/t15-/m0/s1. The van der Waals surface area contributed by atoms with E-state index in [1.807, 2.05) is 24.3 Å². The zero-order valence-electron chi connectivity index (χ0n) is 19.1. The topological polar surface area (TPSA) is 104 Å². The van der Waals surface area contributed by atoms with E-state index in [9.17, 15) is 14.4 Å². The number of carbonyl (C=O) groups is 1. The molecule has 1 saturated heterocycles. The Hall–Kier alpha value is -3.31. The molecule has 10 nitrogen and oxygen atoms in total. The molecule has 11 heteroatoms. The van der Waals surface area contributed by atoms with E-state index >= 15 is 0 Å². The Balaban J connectivity index is 1.35. The molecule has 1 aliphatic rings. The third-order valence-electron chi connectivity index (χ3n) is 6.23. The highest BCUT2D eigenvalue weighted by Crippen LogP contribution is 2.30. The second kappa shape index (κ2) is 9.15. The number of ether oxygens (including phenoxy) is 1. The van der Waals surface area contributed by atoms with E-state index in [0.717, 1.165) is 34.2 Å². The zero-order chi connectivity index (χ0) is 23.8. The molecule has 0 aliphatic carbocycles. The van der Waals surface area contributed by atoms with Crippen LogP contribution in [0.25, 0.3) is 21.4 Å². The Kier molecular flexibility index (Phi) is 6.05. The molecule has 1 amide bonds. The van der Waals surface area contributed by atoms with Gasteiger partial charge in [0.1, 0.15) is 0 Å². The van der Waals surface area contributed by atoms with Gasteiger partial charge in [-0.25, -0.2) is 14.8 Å². The lowest BCUT2D eigenvalue weighted by atomic mass is 10.2. The molecule has 1 aromatic carbocycles. The van der Waals surface area contributed by atoms with Gasteiger partial charge in [0.15, 0.2) is 16.3 Å². The highest BCUT2D eigenvalue weighted by molar-refractivity contribution is 7.22. The second-order valence-corrected chi connectivity index (χ2v) is 9.53. The number of thiazole rings is 1. The molecule has 4 aromatic rings. The first-order valence-corrected chi connectivity index (χ1v) is 12.1. The van der Waals surface area contributed by atoms with Crippen LogP contribution in [-0.2, 0) is 30.2 Å². The average Bonchev–Trinajstić information content (AvgIpc) is 3.59. The fraction of sp³-hybridized carbons (Fsp3) is 0.435. The van der Waals surface area contributed by atoms with Crippen LogP contribution < -0.4 is 16.1 Å². The number of hydrogen-bond donors (Lipinski definition) is 0. The number of amides is 1. The molecule has 0 saturated carbocycles. The van der Waals surface area contributed by atoms with E-state index in [-0.39, 0.29) is 18.4 Å². The van der Waals surface area contributed by atoms with Crippen molar-refractivity contribution in [2.75, 3.05) is 18.1 Å². The normalized spacial score (nSPS) is 16.0. The van der Waals surface area contributed by atoms with Gasteiger partial charge >= 0.3 is 5.69 Å². The second-order valence-electron chi connectivity index (χ2n) is 8.52. The van der Waals surface area contributed by atoms with E-state index in [4.69, 9.17) is 9.72 Å². The van der Waals surface area contributed by atoms with E-state index in [0.29, 0.717) is 35.8 Å². The van der Waals surface area contributed by atoms with Crippen LogP contribution in [0.15, 0.2) is 40.2 Å². The average molecular weight is 483 g/mol. The van der Waals surface area contributed by atoms with Crippen LogP contribution in [0.5, 0.6) is 0 Å². The Morgan fingerprint density at radius 3 is 2.82 bits per heavy atom. The predicted octanol–water partition coefficient (Wildman–Crippen LogP) is 2.04. The minimum absolute atomic E-state index is 0.0119. The molecule has 4 heterocycles. The quantitative estimate of drug-likeness (QED) is 0.399. The van der Waals surface area contributed by atoms with Gasteiger partial charge in [0.2, 0.25) is 5.91 Å². The van der Waals surface area contributed by atoms with Crippen molar-refractivity contribution in [3.05, 3.63) is 51.4 Å². The first-order valence-electron chi connectivity index (χ1n) is 11.3. The molecule has 0 bridgehead atoms. The van der Waals surface area contributed by atoms with Gasteiger partial charge in [0.05, 0.1) is 29.2 Å². The summed E-state index contributed by atoms with van der Waals surface area (Å²) < 4.78 is 11.0. The minimum atomic E-state index is -0.418. The number of aryl methyl sites for hydroxylation is 2. The number of hydrogen-bond acceptors (Lipinski definition) is 7. The molecule has 1 atom stereocenters. The van der Waals surface area contributed by atoms with Crippen LogP contribution >= 0.6 is 11.3 Å². The Morgan fingerprint density at radius 2 is 2.06 bits per heavy atom. The number of imidazole rings is 1. The van der Waals surface area contributed by atoms with Gasteiger partial charge in [-0.2, -0.15) is 0 Å². The number of fused-ring (bicyclic) bond motifs is 2. The molecule has 34 heavy (non-hydrogen) atoms. The number of anilines is 1. The van der Waals surface area contributed by atoms with Crippen molar-refractivity contribution in [2.24, 2.45) is 14.1 Å². The molecule has 178 valence electrons. The number of nitrogens with zero attached hydrogens (tertiary/aromatic N) is 6. The summed E-state index contributed by atoms with van der Waals surface area (Å²) in [5, 5.41) is 0.679. The van der Waals surface area contributed by atoms with E-state index < -0.39 is 11.2 Å². The summed E-state index contributed by atoms with van der Waals surface area (Å²) >= 11 is 1.50. The Morgan fingerprint density at radius 1 is 1.24 bits per heavy atom. The fourth-order valence-electron chi connectivity index (χ4n) is 4.36. The Bertz CT molecular complexity index is 1440. The number of rotatable bonds is 7. The number of aromatic nitrogens is 5. The van der Waals surface area contributed by atoms with E-state index in [1.54, 1.807) is 22.8 Å². The third-order valence-corrected chi connectivity index (χ3v) is 7.29. The van der Waals surface area contributed by atoms with Gasteiger partial charge < -0.3 is 9.30 Å². The van der Waals surface area contributed by atoms with Crippen molar-refractivity contribution in [1.29, 1.82) is 0 Å². The predicted molar refractivity (Wildman–Crippen MR) is 130 cm³/mol. The molecular formula is C23H26N6O4S.